The van der Waals surface area contributed by atoms with Crippen molar-refractivity contribution in [2.24, 2.45) is 5.10 Å². The Morgan fingerprint density at radius 2 is 2.21 bits per heavy atom. The number of nitrogens with zero attached hydrogens (tertiary/aromatic N) is 3. The number of hydrogen-bond acceptors (Lipinski definition) is 7. The van der Waals surface area contributed by atoms with E-state index in [1.807, 2.05) is 25.3 Å². The summed E-state index contributed by atoms with van der Waals surface area (Å²) >= 11 is 0. The molecule has 19 heavy (non-hydrogen) atoms. The van der Waals surface area contributed by atoms with E-state index in [1.165, 1.54) is 5.57 Å². The molecule has 0 aromatic heterocycles. The predicted molar refractivity (Wildman–Crippen MR) is 74.5 cm³/mol. The highest BCUT2D eigenvalue weighted by molar-refractivity contribution is 5.57. The molecule has 1 rings (SSSR count). The van der Waals surface area contributed by atoms with Gasteiger partial charge in [-0.1, -0.05) is 6.92 Å². The number of carbonyl (C=O) groups is 1. The summed E-state index contributed by atoms with van der Waals surface area (Å²) < 4.78 is 0. The Kier molecular flexibility index (Phi) is 9.46. The summed E-state index contributed by atoms with van der Waals surface area (Å²) in [6, 6.07) is 0. The largest absolute Gasteiger partial charge is 0.373 e. The third-order valence-electron chi connectivity index (χ3n) is 2.72. The third kappa shape index (κ3) is 6.78. The van der Waals surface area contributed by atoms with Crippen LogP contribution >= 0.6 is 0 Å². The van der Waals surface area contributed by atoms with Crippen LogP contribution in [0.5, 0.6) is 0 Å². The summed E-state index contributed by atoms with van der Waals surface area (Å²) in [7, 11) is 6.10. The zero-order valence-electron chi connectivity index (χ0n) is 12.1. The summed E-state index contributed by atoms with van der Waals surface area (Å²) in [6.07, 6.45) is 4.04. The van der Waals surface area contributed by atoms with Gasteiger partial charge in [-0.25, -0.2) is 5.26 Å². The van der Waals surface area contributed by atoms with Crippen molar-refractivity contribution >= 4 is 12.7 Å². The van der Waals surface area contributed by atoms with Crippen molar-refractivity contribution in [2.45, 2.75) is 19.8 Å². The lowest BCUT2D eigenvalue weighted by Crippen LogP contribution is -2.28. The smallest absolute Gasteiger partial charge is 0.330 e. The highest BCUT2D eigenvalue weighted by Crippen LogP contribution is 2.12. The lowest BCUT2D eigenvalue weighted by Gasteiger charge is -2.22. The molecule has 0 amide bonds. The molecule has 0 saturated heterocycles. The molecule has 1 aliphatic heterocycles. The molecule has 7 heteroatoms. The van der Waals surface area contributed by atoms with Crippen LogP contribution in [-0.4, -0.2) is 62.1 Å². The Hall–Kier alpha value is -1.60. The summed E-state index contributed by atoms with van der Waals surface area (Å²) in [6.45, 7) is 4.20. The number of nitrogens with one attached hydrogen (secondary N) is 1. The minimum Gasteiger partial charge on any atom is -0.373 e. The van der Waals surface area contributed by atoms with Crippen LogP contribution in [0.3, 0.4) is 0 Å². The van der Waals surface area contributed by atoms with Crippen molar-refractivity contribution in [1.29, 1.82) is 0 Å². The minimum absolute atomic E-state index is 0.0694. The van der Waals surface area contributed by atoms with E-state index in [9.17, 15) is 0 Å². The van der Waals surface area contributed by atoms with Crippen LogP contribution in [0.1, 0.15) is 19.8 Å². The molecule has 1 aliphatic rings. The zero-order chi connectivity index (χ0) is 14.7. The maximum atomic E-state index is 8.70. The topological polar surface area (TPSA) is 77.4 Å². The number of rotatable bonds is 3. The van der Waals surface area contributed by atoms with Crippen LogP contribution in [0.15, 0.2) is 16.5 Å². The predicted octanol–water partition coefficient (Wildman–Crippen LogP) is 0.713. The Balaban J connectivity index is 0.000000711. The maximum absolute atomic E-state index is 8.70. The molecule has 110 valence electrons. The first kappa shape index (κ1) is 17.4. The molecule has 2 N–H and O–H groups in total. The fourth-order valence-corrected chi connectivity index (χ4v) is 1.84. The van der Waals surface area contributed by atoms with Gasteiger partial charge in [-0.15, -0.1) is 0 Å². The molecule has 0 aromatic carbocycles. The lowest BCUT2D eigenvalue weighted by atomic mass is 10.2. The van der Waals surface area contributed by atoms with E-state index in [1.54, 1.807) is 0 Å². The zero-order valence-corrected chi connectivity index (χ0v) is 12.1. The molecule has 0 fully saturated rings. The van der Waals surface area contributed by atoms with Crippen molar-refractivity contribution in [3.63, 3.8) is 0 Å². The monoisotopic (exact) mass is 272 g/mol. The second-order valence-electron chi connectivity index (χ2n) is 4.11. The van der Waals surface area contributed by atoms with E-state index in [2.05, 4.69) is 34.2 Å². The van der Waals surface area contributed by atoms with Gasteiger partial charge in [-0.2, -0.15) is 5.10 Å². The van der Waals surface area contributed by atoms with Crippen LogP contribution in [-0.2, 0) is 9.68 Å². The summed E-state index contributed by atoms with van der Waals surface area (Å²) in [5.74, 6) is 1.13. The highest BCUT2D eigenvalue weighted by Gasteiger charge is 2.11. The van der Waals surface area contributed by atoms with Crippen LogP contribution in [0.2, 0.25) is 0 Å². The maximum Gasteiger partial charge on any atom is 0.330 e. The Labute approximate surface area is 114 Å². The second-order valence-corrected chi connectivity index (χ2v) is 4.11. The first-order chi connectivity index (χ1) is 9.10. The molecule has 0 radical (unpaired) electrons. The van der Waals surface area contributed by atoms with Gasteiger partial charge in [0, 0.05) is 33.4 Å². The van der Waals surface area contributed by atoms with Gasteiger partial charge >= 0.3 is 6.47 Å². The van der Waals surface area contributed by atoms with Crippen LogP contribution < -0.4 is 5.32 Å². The van der Waals surface area contributed by atoms with Gasteiger partial charge in [0.1, 0.15) is 5.82 Å². The van der Waals surface area contributed by atoms with Gasteiger partial charge < -0.3 is 15.1 Å². The van der Waals surface area contributed by atoms with Gasteiger partial charge in [0.05, 0.1) is 0 Å². The minimum atomic E-state index is -0.0694. The van der Waals surface area contributed by atoms with Crippen LogP contribution in [0.25, 0.3) is 0 Å². The molecule has 0 saturated carbocycles. The highest BCUT2D eigenvalue weighted by atomic mass is 17.1. The quantitative estimate of drug-likeness (QED) is 0.448. The van der Waals surface area contributed by atoms with Gasteiger partial charge in [0.2, 0.25) is 0 Å². The number of likely N-dealkylation sites (N-methyl/N-ethyl adjacent to an activating group) is 1. The van der Waals surface area contributed by atoms with Crippen molar-refractivity contribution in [1.82, 2.24) is 15.2 Å². The first-order valence-electron chi connectivity index (χ1n) is 6.19. The Bertz CT molecular complexity index is 318. The van der Waals surface area contributed by atoms with Gasteiger partial charge in [0.25, 0.3) is 0 Å². The number of carbonyl (C=O) groups excluding carboxylic acids is 1. The number of hydrogen-bond donors (Lipinski definition) is 2. The van der Waals surface area contributed by atoms with Gasteiger partial charge in [-0.05, 0) is 25.5 Å². The summed E-state index contributed by atoms with van der Waals surface area (Å²) in [5, 5.41) is 16.6. The SMILES string of the molecule is CC/C1=C(/NC)N(C)/N=C/CCN(C)C1.O=COO. The first-order valence-corrected chi connectivity index (χ1v) is 6.19. The van der Waals surface area contributed by atoms with E-state index < -0.39 is 0 Å². The normalized spacial score (nSPS) is 22.3. The van der Waals surface area contributed by atoms with Crippen molar-refractivity contribution in [3.05, 3.63) is 11.4 Å². The average Bonchev–Trinajstić information content (AvgIpc) is 2.49. The van der Waals surface area contributed by atoms with E-state index in [4.69, 9.17) is 10.1 Å². The Morgan fingerprint density at radius 3 is 2.68 bits per heavy atom. The molecule has 7 nitrogen and oxygen atoms in total. The van der Waals surface area contributed by atoms with E-state index in [0.29, 0.717) is 0 Å². The fraction of sp³-hybridized carbons (Fsp3) is 0.667. The molecule has 0 unspecified atom stereocenters. The lowest BCUT2D eigenvalue weighted by molar-refractivity contribution is -0.217. The summed E-state index contributed by atoms with van der Waals surface area (Å²) in [4.78, 5) is 13.9. The second kappa shape index (κ2) is 10.3. The van der Waals surface area contributed by atoms with Gasteiger partial charge in [0.15, 0.2) is 0 Å². The third-order valence-corrected chi connectivity index (χ3v) is 2.72. The number of hydrazone groups is 1. The molecule has 0 spiro atoms. The molecule has 0 atom stereocenters. The van der Waals surface area contributed by atoms with Gasteiger partial charge in [-0.3, -0.25) is 9.80 Å². The van der Waals surface area contributed by atoms with Crippen molar-refractivity contribution in [3.8, 4) is 0 Å². The molecule has 0 aromatic rings. The molecular formula is C12H24N4O3. The van der Waals surface area contributed by atoms with Crippen LogP contribution in [0, 0.1) is 0 Å². The van der Waals surface area contributed by atoms with E-state index in [-0.39, 0.29) is 6.47 Å². The van der Waals surface area contributed by atoms with Crippen molar-refractivity contribution in [2.75, 3.05) is 34.2 Å². The average molecular weight is 272 g/mol. The van der Waals surface area contributed by atoms with E-state index in [0.717, 1.165) is 31.8 Å². The van der Waals surface area contributed by atoms with Crippen LogP contribution in [0.4, 0.5) is 0 Å². The van der Waals surface area contributed by atoms with E-state index >= 15 is 0 Å². The standard InChI is InChI=1S/C11H22N4.CH2O3/c1-5-10-9-14(3)8-6-7-13-15(4)11(10)12-2;2-1-4-3/h7,12H,5-6,8-9H2,1-4H3;1,3H/b11-10+,13-7+;. The summed E-state index contributed by atoms with van der Waals surface area (Å²) in [5.41, 5.74) is 1.40. The Morgan fingerprint density at radius 1 is 1.58 bits per heavy atom. The molecule has 0 aliphatic carbocycles. The van der Waals surface area contributed by atoms with Crippen molar-refractivity contribution < 1.29 is 14.9 Å². The molecule has 0 bridgehead atoms. The fourth-order valence-electron chi connectivity index (χ4n) is 1.84. The molecular weight excluding hydrogens is 248 g/mol. The molecule has 1 heterocycles.